The Balaban J connectivity index is 1.80. The monoisotopic (exact) mass is 311 g/mol. The number of rotatable bonds is 7. The van der Waals surface area contributed by atoms with E-state index in [1.54, 1.807) is 0 Å². The van der Waals surface area contributed by atoms with Crippen LogP contribution in [0, 0.1) is 17.8 Å². The molecular formula is C15H29N5S. The van der Waals surface area contributed by atoms with E-state index in [0.29, 0.717) is 11.2 Å². The highest BCUT2D eigenvalue weighted by atomic mass is 32.2. The van der Waals surface area contributed by atoms with Crippen LogP contribution in [-0.4, -0.2) is 38.5 Å². The quantitative estimate of drug-likeness (QED) is 0.785. The molecule has 120 valence electrons. The Kier molecular flexibility index (Phi) is 6.48. The molecule has 1 aliphatic rings. The predicted octanol–water partition coefficient (Wildman–Crippen LogP) is 2.84. The number of nitrogens with zero attached hydrogens (tertiary/aromatic N) is 4. The largest absolute Gasteiger partial charge is 0.315 e. The van der Waals surface area contributed by atoms with Crippen LogP contribution in [0.15, 0.2) is 5.16 Å². The van der Waals surface area contributed by atoms with Crippen LogP contribution in [0.4, 0.5) is 0 Å². The van der Waals surface area contributed by atoms with Gasteiger partial charge < -0.3 is 5.32 Å². The smallest absolute Gasteiger partial charge is 0.209 e. The highest BCUT2D eigenvalue weighted by Gasteiger charge is 2.26. The zero-order chi connectivity index (χ0) is 15.2. The maximum Gasteiger partial charge on any atom is 0.209 e. The molecule has 1 saturated carbocycles. The molecule has 1 N–H and O–H groups in total. The molecule has 1 aromatic heterocycles. The van der Waals surface area contributed by atoms with Crippen LogP contribution in [0.1, 0.15) is 47.0 Å². The fraction of sp³-hybridized carbons (Fsp3) is 0.933. The Morgan fingerprint density at radius 2 is 2.10 bits per heavy atom. The minimum atomic E-state index is 0.671. The van der Waals surface area contributed by atoms with Crippen molar-refractivity contribution < 1.29 is 0 Å². The van der Waals surface area contributed by atoms with Gasteiger partial charge in [-0.2, -0.15) is 0 Å². The van der Waals surface area contributed by atoms with Crippen molar-refractivity contribution in [3.05, 3.63) is 0 Å². The third kappa shape index (κ3) is 5.25. The molecule has 0 amide bonds. The summed E-state index contributed by atoms with van der Waals surface area (Å²) in [7, 11) is 0. The standard InChI is InChI=1S/C15H29N5S/c1-11(2)10-16-7-8-20-15(17-18-19-20)21-14-6-5-12(3)13(4)9-14/h11-14,16H,5-10H2,1-4H3. The van der Waals surface area contributed by atoms with Gasteiger partial charge >= 0.3 is 0 Å². The first-order chi connectivity index (χ1) is 10.1. The Hall–Kier alpha value is -0.620. The van der Waals surface area contributed by atoms with E-state index in [-0.39, 0.29) is 0 Å². The van der Waals surface area contributed by atoms with E-state index < -0.39 is 0 Å². The van der Waals surface area contributed by atoms with E-state index in [4.69, 9.17) is 0 Å². The van der Waals surface area contributed by atoms with Gasteiger partial charge in [-0.1, -0.05) is 39.5 Å². The van der Waals surface area contributed by atoms with Crippen molar-refractivity contribution >= 4 is 11.8 Å². The van der Waals surface area contributed by atoms with Crippen LogP contribution in [0.5, 0.6) is 0 Å². The fourth-order valence-electron chi connectivity index (χ4n) is 2.75. The molecular weight excluding hydrogens is 282 g/mol. The normalized spacial score (nSPS) is 26.4. The van der Waals surface area contributed by atoms with E-state index in [0.717, 1.165) is 36.6 Å². The van der Waals surface area contributed by atoms with Crippen LogP contribution in [-0.2, 0) is 6.54 Å². The number of tetrazole rings is 1. The predicted molar refractivity (Wildman–Crippen MR) is 87.3 cm³/mol. The van der Waals surface area contributed by atoms with Crippen molar-refractivity contribution in [2.45, 2.75) is 63.9 Å². The Morgan fingerprint density at radius 1 is 1.29 bits per heavy atom. The SMILES string of the molecule is CC(C)CNCCn1nnnc1SC1CCC(C)C(C)C1. The first-order valence-electron chi connectivity index (χ1n) is 8.19. The van der Waals surface area contributed by atoms with Crippen molar-refractivity contribution in [1.29, 1.82) is 0 Å². The molecule has 6 heteroatoms. The summed E-state index contributed by atoms with van der Waals surface area (Å²) < 4.78 is 1.95. The lowest BCUT2D eigenvalue weighted by Crippen LogP contribution is -2.25. The van der Waals surface area contributed by atoms with Crippen LogP contribution in [0.25, 0.3) is 0 Å². The lowest BCUT2D eigenvalue weighted by molar-refractivity contribution is 0.283. The molecule has 0 spiro atoms. The summed E-state index contributed by atoms with van der Waals surface area (Å²) in [5.41, 5.74) is 0. The zero-order valence-corrected chi connectivity index (χ0v) is 14.6. The molecule has 3 atom stereocenters. The van der Waals surface area contributed by atoms with Gasteiger partial charge in [-0.15, -0.1) is 5.10 Å². The fourth-order valence-corrected chi connectivity index (χ4v) is 4.04. The number of hydrogen-bond donors (Lipinski definition) is 1. The van der Waals surface area contributed by atoms with Crippen molar-refractivity contribution in [3.8, 4) is 0 Å². The summed E-state index contributed by atoms with van der Waals surface area (Å²) in [6, 6.07) is 0. The Bertz CT molecular complexity index is 420. The maximum absolute atomic E-state index is 4.21. The molecule has 0 bridgehead atoms. The summed E-state index contributed by atoms with van der Waals surface area (Å²) in [5.74, 6) is 2.35. The van der Waals surface area contributed by atoms with Gasteiger partial charge in [-0.05, 0) is 54.0 Å². The molecule has 21 heavy (non-hydrogen) atoms. The number of hydrogen-bond acceptors (Lipinski definition) is 5. The van der Waals surface area contributed by atoms with Crippen molar-refractivity contribution in [3.63, 3.8) is 0 Å². The summed E-state index contributed by atoms with van der Waals surface area (Å²) in [6.45, 7) is 12.0. The average molecular weight is 311 g/mol. The minimum Gasteiger partial charge on any atom is -0.315 e. The van der Waals surface area contributed by atoms with Crippen molar-refractivity contribution in [2.24, 2.45) is 17.8 Å². The van der Waals surface area contributed by atoms with Crippen molar-refractivity contribution in [1.82, 2.24) is 25.5 Å². The number of aromatic nitrogens is 4. The topological polar surface area (TPSA) is 55.6 Å². The Labute approximate surface area is 132 Å². The third-order valence-corrected chi connectivity index (χ3v) is 5.64. The van der Waals surface area contributed by atoms with Gasteiger partial charge in [0.2, 0.25) is 5.16 Å². The van der Waals surface area contributed by atoms with E-state index in [1.807, 2.05) is 16.4 Å². The van der Waals surface area contributed by atoms with E-state index in [1.165, 1.54) is 19.3 Å². The van der Waals surface area contributed by atoms with E-state index in [9.17, 15) is 0 Å². The van der Waals surface area contributed by atoms with Crippen LogP contribution in [0.2, 0.25) is 0 Å². The van der Waals surface area contributed by atoms with Gasteiger partial charge in [0.15, 0.2) is 0 Å². The molecule has 0 aliphatic heterocycles. The second kappa shape index (κ2) is 8.13. The van der Waals surface area contributed by atoms with Gasteiger partial charge in [-0.3, -0.25) is 0 Å². The molecule has 1 aromatic rings. The van der Waals surface area contributed by atoms with Crippen LogP contribution >= 0.6 is 11.8 Å². The highest BCUT2D eigenvalue weighted by molar-refractivity contribution is 7.99. The minimum absolute atomic E-state index is 0.671. The van der Waals surface area contributed by atoms with Gasteiger partial charge in [0.25, 0.3) is 0 Å². The molecule has 0 radical (unpaired) electrons. The first kappa shape index (κ1) is 16.7. The summed E-state index contributed by atoms with van der Waals surface area (Å²) in [5, 5.41) is 17.3. The lowest BCUT2D eigenvalue weighted by Gasteiger charge is -2.31. The zero-order valence-electron chi connectivity index (χ0n) is 13.7. The molecule has 0 saturated heterocycles. The first-order valence-corrected chi connectivity index (χ1v) is 9.07. The average Bonchev–Trinajstić information content (AvgIpc) is 2.86. The molecule has 1 aliphatic carbocycles. The third-order valence-electron chi connectivity index (χ3n) is 4.37. The van der Waals surface area contributed by atoms with Gasteiger partial charge in [0.1, 0.15) is 0 Å². The second-order valence-electron chi connectivity index (χ2n) is 6.79. The van der Waals surface area contributed by atoms with Gasteiger partial charge in [0.05, 0.1) is 6.54 Å². The summed E-state index contributed by atoms with van der Waals surface area (Å²) in [6.07, 6.45) is 3.90. The molecule has 0 aromatic carbocycles. The molecule has 2 rings (SSSR count). The number of nitrogens with one attached hydrogen (secondary N) is 1. The lowest BCUT2D eigenvalue weighted by atomic mass is 9.81. The van der Waals surface area contributed by atoms with E-state index in [2.05, 4.69) is 48.5 Å². The van der Waals surface area contributed by atoms with E-state index >= 15 is 0 Å². The van der Waals surface area contributed by atoms with Crippen LogP contribution < -0.4 is 5.32 Å². The maximum atomic E-state index is 4.21. The Morgan fingerprint density at radius 3 is 2.81 bits per heavy atom. The molecule has 3 unspecified atom stereocenters. The highest BCUT2D eigenvalue weighted by Crippen LogP contribution is 2.37. The van der Waals surface area contributed by atoms with Gasteiger partial charge in [0, 0.05) is 11.8 Å². The second-order valence-corrected chi connectivity index (χ2v) is 8.06. The molecule has 5 nitrogen and oxygen atoms in total. The van der Waals surface area contributed by atoms with Crippen LogP contribution in [0.3, 0.4) is 0 Å². The van der Waals surface area contributed by atoms with Gasteiger partial charge in [-0.25, -0.2) is 4.68 Å². The molecule has 1 fully saturated rings. The molecule has 1 heterocycles. The van der Waals surface area contributed by atoms with Crippen molar-refractivity contribution in [2.75, 3.05) is 13.1 Å². The summed E-state index contributed by atoms with van der Waals surface area (Å²) in [4.78, 5) is 0. The summed E-state index contributed by atoms with van der Waals surface area (Å²) >= 11 is 1.87. The number of thioether (sulfide) groups is 1.